The molecule has 1 amide bonds. The van der Waals surface area contributed by atoms with Crippen LogP contribution in [-0.2, 0) is 0 Å². The van der Waals surface area contributed by atoms with E-state index in [2.05, 4.69) is 5.32 Å². The van der Waals surface area contributed by atoms with E-state index in [1.54, 1.807) is 25.3 Å². The Morgan fingerprint density at radius 2 is 1.81 bits per heavy atom. The van der Waals surface area contributed by atoms with Gasteiger partial charge in [-0.1, -0.05) is 6.07 Å². The van der Waals surface area contributed by atoms with Crippen LogP contribution in [0, 0.1) is 20.8 Å². The minimum Gasteiger partial charge on any atom is -0.496 e. The van der Waals surface area contributed by atoms with Crippen molar-refractivity contribution < 1.29 is 9.53 Å². The average Bonchev–Trinajstić information content (AvgIpc) is 2.45. The lowest BCUT2D eigenvalue weighted by Crippen LogP contribution is -2.13. The summed E-state index contributed by atoms with van der Waals surface area (Å²) in [6.45, 7) is 5.78. The predicted molar refractivity (Wildman–Crippen MR) is 86.0 cm³/mol. The summed E-state index contributed by atoms with van der Waals surface area (Å²) in [5, 5.41) is 2.92. The molecule has 2 aromatic rings. The van der Waals surface area contributed by atoms with Crippen molar-refractivity contribution in [2.75, 3.05) is 18.2 Å². The molecule has 0 fully saturated rings. The number of rotatable bonds is 3. The second-order valence-electron chi connectivity index (χ2n) is 5.11. The van der Waals surface area contributed by atoms with Crippen LogP contribution in [0.2, 0.25) is 0 Å². The molecule has 0 heterocycles. The molecule has 0 aromatic heterocycles. The van der Waals surface area contributed by atoms with Gasteiger partial charge in [-0.25, -0.2) is 0 Å². The molecule has 0 unspecified atom stereocenters. The van der Waals surface area contributed by atoms with Crippen molar-refractivity contribution in [3.05, 3.63) is 52.6 Å². The molecule has 0 bridgehead atoms. The van der Waals surface area contributed by atoms with E-state index in [4.69, 9.17) is 10.5 Å². The van der Waals surface area contributed by atoms with Crippen LogP contribution < -0.4 is 15.8 Å². The molecule has 0 aliphatic carbocycles. The number of benzene rings is 2. The zero-order chi connectivity index (χ0) is 15.6. The Kier molecular flexibility index (Phi) is 4.17. The third-order valence-electron chi connectivity index (χ3n) is 3.59. The highest BCUT2D eigenvalue weighted by atomic mass is 16.5. The summed E-state index contributed by atoms with van der Waals surface area (Å²) in [4.78, 5) is 12.3. The molecule has 2 aromatic carbocycles. The van der Waals surface area contributed by atoms with Gasteiger partial charge in [-0.2, -0.15) is 0 Å². The van der Waals surface area contributed by atoms with Crippen LogP contribution in [0.1, 0.15) is 27.0 Å². The highest BCUT2D eigenvalue weighted by molar-refractivity contribution is 6.05. The molecule has 21 heavy (non-hydrogen) atoms. The number of ether oxygens (including phenoxy) is 1. The Bertz CT molecular complexity index is 693. The zero-order valence-corrected chi connectivity index (χ0v) is 12.8. The number of amides is 1. The fraction of sp³-hybridized carbons (Fsp3) is 0.235. The van der Waals surface area contributed by atoms with Crippen molar-refractivity contribution in [3.8, 4) is 5.75 Å². The average molecular weight is 284 g/mol. The lowest BCUT2D eigenvalue weighted by molar-refractivity contribution is 0.102. The summed E-state index contributed by atoms with van der Waals surface area (Å²) in [6.07, 6.45) is 0. The normalized spacial score (nSPS) is 10.3. The number of carbonyl (C=O) groups excluding carboxylic acids is 1. The molecule has 110 valence electrons. The summed E-state index contributed by atoms with van der Waals surface area (Å²) in [5.41, 5.74) is 10.6. The van der Waals surface area contributed by atoms with Gasteiger partial charge in [-0.3, -0.25) is 4.79 Å². The van der Waals surface area contributed by atoms with Crippen LogP contribution in [0.4, 0.5) is 11.4 Å². The van der Waals surface area contributed by atoms with Crippen molar-refractivity contribution >= 4 is 17.3 Å². The maximum Gasteiger partial charge on any atom is 0.255 e. The number of anilines is 2. The van der Waals surface area contributed by atoms with Gasteiger partial charge in [0.25, 0.3) is 5.91 Å². The molecule has 0 saturated carbocycles. The monoisotopic (exact) mass is 284 g/mol. The number of carbonyl (C=O) groups is 1. The van der Waals surface area contributed by atoms with Crippen molar-refractivity contribution in [2.24, 2.45) is 0 Å². The molecule has 3 N–H and O–H groups in total. The van der Waals surface area contributed by atoms with E-state index in [0.717, 1.165) is 28.1 Å². The van der Waals surface area contributed by atoms with Crippen molar-refractivity contribution in [1.82, 2.24) is 0 Å². The van der Waals surface area contributed by atoms with E-state index in [1.807, 2.05) is 32.9 Å². The van der Waals surface area contributed by atoms with Gasteiger partial charge in [-0.05, 0) is 56.2 Å². The Hall–Kier alpha value is -2.49. The number of nitrogens with one attached hydrogen (secondary N) is 1. The first kappa shape index (κ1) is 14.9. The largest absolute Gasteiger partial charge is 0.496 e. The number of aryl methyl sites for hydroxylation is 2. The van der Waals surface area contributed by atoms with Gasteiger partial charge < -0.3 is 15.8 Å². The number of nitrogen functional groups attached to an aromatic ring is 1. The van der Waals surface area contributed by atoms with Gasteiger partial charge in [0, 0.05) is 22.5 Å². The predicted octanol–water partition coefficient (Wildman–Crippen LogP) is 3.45. The summed E-state index contributed by atoms with van der Waals surface area (Å²) < 4.78 is 5.37. The molecular formula is C17H20N2O2. The fourth-order valence-electron chi connectivity index (χ4n) is 2.29. The number of methoxy groups -OCH3 is 1. The Morgan fingerprint density at radius 1 is 1.10 bits per heavy atom. The maximum atomic E-state index is 12.3. The SMILES string of the molecule is COc1c(C)ccc(NC(=O)c2ccc(N)c(C)c2)c1C. The molecule has 4 nitrogen and oxygen atoms in total. The maximum absolute atomic E-state index is 12.3. The highest BCUT2D eigenvalue weighted by Gasteiger charge is 2.12. The molecular weight excluding hydrogens is 264 g/mol. The van der Waals surface area contributed by atoms with E-state index >= 15 is 0 Å². The zero-order valence-electron chi connectivity index (χ0n) is 12.8. The van der Waals surface area contributed by atoms with Gasteiger partial charge in [0.1, 0.15) is 5.75 Å². The van der Waals surface area contributed by atoms with Crippen LogP contribution in [0.15, 0.2) is 30.3 Å². The second kappa shape index (κ2) is 5.87. The minimum absolute atomic E-state index is 0.160. The minimum atomic E-state index is -0.160. The van der Waals surface area contributed by atoms with Crippen molar-refractivity contribution in [1.29, 1.82) is 0 Å². The summed E-state index contributed by atoms with van der Waals surface area (Å²) >= 11 is 0. The molecule has 0 aliphatic rings. The highest BCUT2D eigenvalue weighted by Crippen LogP contribution is 2.29. The number of nitrogens with two attached hydrogens (primary N) is 1. The van der Waals surface area contributed by atoms with Gasteiger partial charge in [0.15, 0.2) is 0 Å². The third-order valence-corrected chi connectivity index (χ3v) is 3.59. The summed E-state index contributed by atoms with van der Waals surface area (Å²) in [7, 11) is 1.63. The van der Waals surface area contributed by atoms with E-state index in [9.17, 15) is 4.79 Å². The quantitative estimate of drug-likeness (QED) is 0.848. The molecule has 0 aliphatic heterocycles. The van der Waals surface area contributed by atoms with E-state index < -0.39 is 0 Å². The van der Waals surface area contributed by atoms with Crippen molar-refractivity contribution in [2.45, 2.75) is 20.8 Å². The van der Waals surface area contributed by atoms with Crippen LogP contribution in [0.3, 0.4) is 0 Å². The standard InChI is InChI=1S/C17H20N2O2/c1-10-5-8-15(12(3)16(10)21-4)19-17(20)13-6-7-14(18)11(2)9-13/h5-9H,18H2,1-4H3,(H,19,20). The Morgan fingerprint density at radius 3 is 2.43 bits per heavy atom. The lowest BCUT2D eigenvalue weighted by atomic mass is 10.1. The number of hydrogen-bond donors (Lipinski definition) is 2. The molecule has 0 radical (unpaired) electrons. The lowest BCUT2D eigenvalue weighted by Gasteiger charge is -2.14. The molecule has 4 heteroatoms. The first-order chi connectivity index (χ1) is 9.93. The summed E-state index contributed by atoms with van der Waals surface area (Å²) in [6, 6.07) is 9.06. The Labute approximate surface area is 124 Å². The van der Waals surface area contributed by atoms with Gasteiger partial charge in [0.05, 0.1) is 7.11 Å². The van der Waals surface area contributed by atoms with Gasteiger partial charge in [0.2, 0.25) is 0 Å². The summed E-state index contributed by atoms with van der Waals surface area (Å²) in [5.74, 6) is 0.633. The van der Waals surface area contributed by atoms with Crippen LogP contribution in [0.25, 0.3) is 0 Å². The van der Waals surface area contributed by atoms with Gasteiger partial charge >= 0.3 is 0 Å². The molecule has 0 atom stereocenters. The number of hydrogen-bond acceptors (Lipinski definition) is 3. The van der Waals surface area contributed by atoms with Crippen molar-refractivity contribution in [3.63, 3.8) is 0 Å². The third kappa shape index (κ3) is 2.99. The molecule has 2 rings (SSSR count). The Balaban J connectivity index is 2.29. The van der Waals surface area contributed by atoms with Crippen LogP contribution in [-0.4, -0.2) is 13.0 Å². The second-order valence-corrected chi connectivity index (χ2v) is 5.11. The smallest absolute Gasteiger partial charge is 0.255 e. The van der Waals surface area contributed by atoms with E-state index in [0.29, 0.717) is 11.3 Å². The van der Waals surface area contributed by atoms with E-state index in [1.165, 1.54) is 0 Å². The molecule has 0 spiro atoms. The van der Waals surface area contributed by atoms with Crippen LogP contribution in [0.5, 0.6) is 5.75 Å². The van der Waals surface area contributed by atoms with Crippen LogP contribution >= 0.6 is 0 Å². The fourth-order valence-corrected chi connectivity index (χ4v) is 2.29. The van der Waals surface area contributed by atoms with Gasteiger partial charge in [-0.15, -0.1) is 0 Å². The first-order valence-corrected chi connectivity index (χ1v) is 6.75. The topological polar surface area (TPSA) is 64.3 Å². The first-order valence-electron chi connectivity index (χ1n) is 6.75. The molecule has 0 saturated heterocycles. The van der Waals surface area contributed by atoms with E-state index in [-0.39, 0.29) is 5.91 Å².